The first kappa shape index (κ1) is 23.4. The van der Waals surface area contributed by atoms with Crippen molar-refractivity contribution in [2.24, 2.45) is 5.73 Å². The fourth-order valence-corrected chi connectivity index (χ4v) is 4.15. The van der Waals surface area contributed by atoms with E-state index in [0.717, 1.165) is 22.5 Å². The summed E-state index contributed by atoms with van der Waals surface area (Å²) >= 11 is 1.11. The van der Waals surface area contributed by atoms with Gasteiger partial charge in [-0.15, -0.1) is 11.3 Å². The second kappa shape index (κ2) is 10.9. The number of phenols is 1. The van der Waals surface area contributed by atoms with Crippen molar-refractivity contribution in [3.8, 4) is 16.9 Å². The summed E-state index contributed by atoms with van der Waals surface area (Å²) in [6.45, 7) is 0.207. The molecule has 9 heteroatoms. The number of carbonyl (C=O) groups excluding carboxylic acids is 2. The highest BCUT2D eigenvalue weighted by molar-refractivity contribution is 7.14. The van der Waals surface area contributed by atoms with E-state index in [-0.39, 0.29) is 12.3 Å². The van der Waals surface area contributed by atoms with Crippen molar-refractivity contribution in [1.29, 1.82) is 0 Å². The van der Waals surface area contributed by atoms with E-state index in [2.05, 4.69) is 15.4 Å². The van der Waals surface area contributed by atoms with Gasteiger partial charge in [0.15, 0.2) is 0 Å². The smallest absolute Gasteiger partial charge is 0.329 e. The van der Waals surface area contributed by atoms with E-state index >= 15 is 0 Å². The summed E-state index contributed by atoms with van der Waals surface area (Å²) in [6, 6.07) is 16.7. The number of hydrogen-bond donors (Lipinski definition) is 5. The Morgan fingerprint density at radius 3 is 2.53 bits per heavy atom. The van der Waals surface area contributed by atoms with Gasteiger partial charge in [-0.3, -0.25) is 10.1 Å². The van der Waals surface area contributed by atoms with Gasteiger partial charge >= 0.3 is 5.97 Å². The van der Waals surface area contributed by atoms with Crippen LogP contribution in [0.5, 0.6) is 5.75 Å². The average molecular weight is 456 g/mol. The van der Waals surface area contributed by atoms with Crippen LogP contribution in [0.3, 0.4) is 0 Å². The van der Waals surface area contributed by atoms with Crippen LogP contribution in [0.2, 0.25) is 0 Å². The van der Waals surface area contributed by atoms with Crippen LogP contribution in [0, 0.1) is 0 Å². The number of benzene rings is 2. The fourth-order valence-electron chi connectivity index (χ4n) is 3.11. The average Bonchev–Trinajstić information content (AvgIpc) is 3.27. The summed E-state index contributed by atoms with van der Waals surface area (Å²) in [5, 5.41) is 25.9. The third-order valence-corrected chi connectivity index (χ3v) is 5.93. The minimum Gasteiger partial charge on any atom is -0.508 e. The molecule has 1 heterocycles. The van der Waals surface area contributed by atoms with Crippen LogP contribution in [0.4, 0.5) is 0 Å². The minimum atomic E-state index is -1.04. The van der Waals surface area contributed by atoms with Gasteiger partial charge in [0.05, 0.1) is 7.11 Å². The quantitative estimate of drug-likeness (QED) is 0.246. The number of ether oxygens (including phenoxy) is 1. The second-order valence-electron chi connectivity index (χ2n) is 7.00. The Bertz CT molecular complexity index is 1070. The van der Waals surface area contributed by atoms with E-state index in [4.69, 9.17) is 5.73 Å². The van der Waals surface area contributed by atoms with Crippen molar-refractivity contribution in [2.45, 2.75) is 18.8 Å². The van der Waals surface area contributed by atoms with Crippen LogP contribution in [0.25, 0.3) is 11.1 Å². The third kappa shape index (κ3) is 5.71. The van der Waals surface area contributed by atoms with Gasteiger partial charge < -0.3 is 26.0 Å². The number of esters is 1. The highest BCUT2D eigenvalue weighted by atomic mass is 32.1. The Kier molecular flexibility index (Phi) is 7.96. The number of carbonyl (C=O) groups is 2. The lowest BCUT2D eigenvalue weighted by molar-refractivity contribution is -0.142. The molecule has 2 unspecified atom stereocenters. The molecule has 1 amide bonds. The zero-order valence-corrected chi connectivity index (χ0v) is 18.3. The summed E-state index contributed by atoms with van der Waals surface area (Å²) in [7, 11) is 1.23. The van der Waals surface area contributed by atoms with E-state index in [1.165, 1.54) is 7.11 Å². The first-order valence-corrected chi connectivity index (χ1v) is 10.7. The number of thiophene rings is 1. The van der Waals surface area contributed by atoms with Gasteiger partial charge in [-0.25, -0.2) is 4.79 Å². The van der Waals surface area contributed by atoms with Gasteiger partial charge in [0.2, 0.25) is 0 Å². The number of rotatable bonds is 9. The molecular formula is C23H25N3O5S. The van der Waals surface area contributed by atoms with Crippen LogP contribution in [-0.2, 0) is 16.1 Å². The van der Waals surface area contributed by atoms with Crippen LogP contribution in [-0.4, -0.2) is 41.8 Å². The van der Waals surface area contributed by atoms with Gasteiger partial charge in [-0.05, 0) is 29.3 Å². The minimum absolute atomic E-state index is 0.106. The first-order valence-electron chi connectivity index (χ1n) is 9.90. The largest absolute Gasteiger partial charge is 0.508 e. The molecule has 0 radical (unpaired) electrons. The normalized spacial score (nSPS) is 12.7. The lowest BCUT2D eigenvalue weighted by Gasteiger charge is -2.14. The van der Waals surface area contributed by atoms with E-state index < -0.39 is 24.1 Å². The number of hydrogen-bond acceptors (Lipinski definition) is 8. The maximum Gasteiger partial charge on any atom is 0.329 e. The SMILES string of the molecule is COC(=O)C(CN)NC(=O)c1sc(C(O)NCc2cccc(O)c2)cc1-c1ccccc1. The first-order chi connectivity index (χ1) is 15.4. The zero-order chi connectivity index (χ0) is 23.1. The standard InChI is InChI=1S/C23H25N3O5S/c1-31-23(30)18(12-24)26-22(29)20-17(15-7-3-2-4-8-15)11-19(32-20)21(28)25-13-14-6-5-9-16(27)10-14/h2-11,18,21,25,27-28H,12-13,24H2,1H3,(H,26,29). The molecule has 32 heavy (non-hydrogen) atoms. The fraction of sp³-hybridized carbons (Fsp3) is 0.217. The molecular weight excluding hydrogens is 430 g/mol. The lowest BCUT2D eigenvalue weighted by atomic mass is 10.1. The Balaban J connectivity index is 1.85. The molecule has 0 aliphatic rings. The maximum atomic E-state index is 13.0. The molecule has 168 valence electrons. The summed E-state index contributed by atoms with van der Waals surface area (Å²) in [4.78, 5) is 25.7. The monoisotopic (exact) mass is 455 g/mol. The van der Waals surface area contributed by atoms with E-state index in [1.807, 2.05) is 36.4 Å². The summed E-state index contributed by atoms with van der Waals surface area (Å²) in [5.41, 5.74) is 7.82. The molecule has 2 aromatic carbocycles. The van der Waals surface area contributed by atoms with Crippen LogP contribution >= 0.6 is 11.3 Å². The summed E-state index contributed by atoms with van der Waals surface area (Å²) in [6.07, 6.45) is -1.04. The Morgan fingerprint density at radius 2 is 1.88 bits per heavy atom. The van der Waals surface area contributed by atoms with Gasteiger partial charge in [0, 0.05) is 23.5 Å². The predicted molar refractivity (Wildman–Crippen MR) is 122 cm³/mol. The molecule has 0 aliphatic carbocycles. The van der Waals surface area contributed by atoms with Crippen LogP contribution in [0.1, 0.15) is 26.3 Å². The van der Waals surface area contributed by atoms with Crippen molar-refractivity contribution < 1.29 is 24.5 Å². The number of nitrogens with one attached hydrogen (secondary N) is 2. The van der Waals surface area contributed by atoms with Crippen LogP contribution < -0.4 is 16.4 Å². The maximum absolute atomic E-state index is 13.0. The third-order valence-electron chi connectivity index (χ3n) is 4.75. The summed E-state index contributed by atoms with van der Waals surface area (Å²) in [5.74, 6) is -0.979. The Morgan fingerprint density at radius 1 is 1.12 bits per heavy atom. The predicted octanol–water partition coefficient (Wildman–Crippen LogP) is 2.13. The molecule has 0 bridgehead atoms. The van der Waals surface area contributed by atoms with Crippen molar-refractivity contribution in [3.05, 3.63) is 76.0 Å². The number of amides is 1. The Labute approximate surface area is 189 Å². The molecule has 3 aromatic rings. The molecule has 1 aromatic heterocycles. The zero-order valence-electron chi connectivity index (χ0n) is 17.4. The van der Waals surface area contributed by atoms with Gasteiger partial charge in [0.25, 0.3) is 5.91 Å². The summed E-state index contributed by atoms with van der Waals surface area (Å²) < 4.78 is 4.68. The number of aliphatic hydroxyl groups is 1. The van der Waals surface area contributed by atoms with Crippen molar-refractivity contribution in [2.75, 3.05) is 13.7 Å². The molecule has 8 nitrogen and oxygen atoms in total. The number of nitrogens with two attached hydrogens (primary N) is 1. The van der Waals surface area contributed by atoms with Gasteiger partial charge in [0.1, 0.15) is 22.9 Å². The Hall–Kier alpha value is -3.24. The molecule has 2 atom stereocenters. The van der Waals surface area contributed by atoms with Crippen molar-refractivity contribution >= 4 is 23.2 Å². The molecule has 0 fully saturated rings. The molecule has 0 spiro atoms. The highest BCUT2D eigenvalue weighted by Crippen LogP contribution is 2.34. The second-order valence-corrected chi connectivity index (χ2v) is 8.08. The van der Waals surface area contributed by atoms with E-state index in [1.54, 1.807) is 24.3 Å². The molecule has 0 saturated heterocycles. The van der Waals surface area contributed by atoms with Crippen molar-refractivity contribution in [3.63, 3.8) is 0 Å². The molecule has 6 N–H and O–H groups in total. The van der Waals surface area contributed by atoms with Gasteiger partial charge in [-0.1, -0.05) is 42.5 Å². The number of phenolic OH excluding ortho intramolecular Hbond substituents is 1. The van der Waals surface area contributed by atoms with Crippen molar-refractivity contribution in [1.82, 2.24) is 10.6 Å². The van der Waals surface area contributed by atoms with Gasteiger partial charge in [-0.2, -0.15) is 0 Å². The number of aliphatic hydroxyl groups excluding tert-OH is 1. The topological polar surface area (TPSA) is 134 Å². The molecule has 3 rings (SSSR count). The molecule has 0 aliphatic heterocycles. The van der Waals surface area contributed by atoms with E-state index in [0.29, 0.717) is 21.9 Å². The molecule has 0 saturated carbocycles. The number of aromatic hydroxyl groups is 1. The highest BCUT2D eigenvalue weighted by Gasteiger charge is 2.25. The van der Waals surface area contributed by atoms with E-state index in [9.17, 15) is 19.8 Å². The lowest BCUT2D eigenvalue weighted by Crippen LogP contribution is -2.46. The number of methoxy groups -OCH3 is 1. The van der Waals surface area contributed by atoms with Crippen LogP contribution in [0.15, 0.2) is 60.7 Å².